The first-order valence-corrected chi connectivity index (χ1v) is 12.1. The summed E-state index contributed by atoms with van der Waals surface area (Å²) in [6.45, 7) is 1.41. The Morgan fingerprint density at radius 3 is 2.19 bits per heavy atom. The number of halogens is 3. The zero-order valence-corrected chi connectivity index (χ0v) is 20.8. The second-order valence-corrected chi connectivity index (χ2v) is 9.59. The van der Waals surface area contributed by atoms with Crippen LogP contribution in [0.15, 0.2) is 76.3 Å². The van der Waals surface area contributed by atoms with Crippen LogP contribution in [0, 0.1) is 18.6 Å². The van der Waals surface area contributed by atoms with Gasteiger partial charge in [-0.1, -0.05) is 17.7 Å². The van der Waals surface area contributed by atoms with E-state index < -0.39 is 22.9 Å². The minimum Gasteiger partial charge on any atom is -0.497 e. The maximum Gasteiger partial charge on any atom is 0.337 e. The summed E-state index contributed by atoms with van der Waals surface area (Å²) >= 11 is 7.23. The van der Waals surface area contributed by atoms with Crippen LogP contribution in [-0.2, 0) is 6.54 Å². The van der Waals surface area contributed by atoms with E-state index in [1.807, 2.05) is 12.1 Å². The van der Waals surface area contributed by atoms with Crippen molar-refractivity contribution in [1.29, 1.82) is 0 Å². The number of aryl methyl sites for hydroxylation is 1. The molecule has 0 saturated carbocycles. The maximum absolute atomic E-state index is 14.6. The van der Waals surface area contributed by atoms with E-state index >= 15 is 0 Å². The number of rotatable bonds is 5. The fraction of sp³-hybridized carbons (Fsp3) is 0.111. The molecule has 0 fully saturated rings. The molecule has 0 atom stereocenters. The standard InChI is InChI=1S/C27H19ClF2N2O3S/c1-15-23-25(33)32(18-10-8-17(28)9-11-18)27(34)31(14-20-21(29)4-3-5-22(20)30)26(23)36-24(15)16-6-12-19(35-2)13-7-16/h3-13H,14H2,1-2H3. The molecular formula is C27H19ClF2N2O3S. The maximum atomic E-state index is 14.6. The van der Waals surface area contributed by atoms with Gasteiger partial charge >= 0.3 is 5.69 Å². The normalized spacial score (nSPS) is 11.2. The summed E-state index contributed by atoms with van der Waals surface area (Å²) in [5.74, 6) is -0.875. The average Bonchev–Trinajstić information content (AvgIpc) is 3.21. The van der Waals surface area contributed by atoms with Gasteiger partial charge in [-0.2, -0.15) is 0 Å². The fourth-order valence-corrected chi connectivity index (χ4v) is 5.59. The molecular weight excluding hydrogens is 506 g/mol. The molecule has 0 spiro atoms. The van der Waals surface area contributed by atoms with Gasteiger partial charge in [0.05, 0.1) is 24.7 Å². The Labute approximate surface area is 213 Å². The molecule has 3 aromatic carbocycles. The summed E-state index contributed by atoms with van der Waals surface area (Å²) in [5, 5.41) is 0.743. The molecule has 9 heteroatoms. The van der Waals surface area contributed by atoms with Crippen LogP contribution in [0.3, 0.4) is 0 Å². The van der Waals surface area contributed by atoms with Crippen molar-refractivity contribution >= 4 is 33.2 Å². The second kappa shape index (κ2) is 9.37. The SMILES string of the molecule is COc1ccc(-c2sc3c(c2C)c(=O)n(-c2ccc(Cl)cc2)c(=O)n3Cc2c(F)cccc2F)cc1. The first-order chi connectivity index (χ1) is 17.3. The zero-order valence-electron chi connectivity index (χ0n) is 19.2. The van der Waals surface area contributed by atoms with E-state index in [9.17, 15) is 18.4 Å². The minimum atomic E-state index is -0.775. The van der Waals surface area contributed by atoms with E-state index in [1.54, 1.807) is 50.4 Å². The molecule has 2 heterocycles. The van der Waals surface area contributed by atoms with Crippen LogP contribution in [0.25, 0.3) is 26.3 Å². The molecule has 5 aromatic rings. The topological polar surface area (TPSA) is 53.2 Å². The van der Waals surface area contributed by atoms with Crippen molar-refractivity contribution in [3.63, 3.8) is 0 Å². The van der Waals surface area contributed by atoms with E-state index in [0.29, 0.717) is 32.2 Å². The lowest BCUT2D eigenvalue weighted by atomic mass is 10.1. The van der Waals surface area contributed by atoms with Crippen molar-refractivity contribution in [2.45, 2.75) is 13.5 Å². The number of nitrogens with zero attached hydrogens (tertiary/aromatic N) is 2. The Kier molecular flexibility index (Phi) is 6.24. The quantitative estimate of drug-likeness (QED) is 0.276. The first-order valence-electron chi connectivity index (χ1n) is 10.9. The zero-order chi connectivity index (χ0) is 25.6. The van der Waals surface area contributed by atoms with Gasteiger partial charge in [0.15, 0.2) is 0 Å². The lowest BCUT2D eigenvalue weighted by Gasteiger charge is -2.13. The first kappa shape index (κ1) is 24.0. The molecule has 0 N–H and O–H groups in total. The van der Waals surface area contributed by atoms with E-state index in [4.69, 9.17) is 16.3 Å². The Balaban J connectivity index is 1.84. The molecule has 0 saturated heterocycles. The summed E-state index contributed by atoms with van der Waals surface area (Å²) in [6, 6.07) is 17.1. The number of hydrogen-bond acceptors (Lipinski definition) is 4. The summed E-state index contributed by atoms with van der Waals surface area (Å²) in [5.41, 5.74) is 0.296. The predicted octanol–water partition coefficient (Wildman–Crippen LogP) is 6.18. The third kappa shape index (κ3) is 4.02. The summed E-state index contributed by atoms with van der Waals surface area (Å²) in [6.07, 6.45) is 0. The molecule has 0 radical (unpaired) electrons. The molecule has 0 amide bonds. The molecule has 0 aliphatic carbocycles. The van der Waals surface area contributed by atoms with Crippen LogP contribution in [0.1, 0.15) is 11.1 Å². The molecule has 0 bridgehead atoms. The van der Waals surface area contributed by atoms with Gasteiger partial charge in [0.25, 0.3) is 5.56 Å². The lowest BCUT2D eigenvalue weighted by Crippen LogP contribution is -2.39. The smallest absolute Gasteiger partial charge is 0.337 e. The van der Waals surface area contributed by atoms with E-state index in [-0.39, 0.29) is 12.1 Å². The Bertz CT molecular complexity index is 1700. The number of methoxy groups -OCH3 is 1. The van der Waals surface area contributed by atoms with E-state index in [1.165, 1.54) is 22.0 Å². The van der Waals surface area contributed by atoms with Crippen molar-refractivity contribution in [2.24, 2.45) is 0 Å². The molecule has 0 unspecified atom stereocenters. The van der Waals surface area contributed by atoms with Crippen molar-refractivity contribution in [3.05, 3.63) is 115 Å². The van der Waals surface area contributed by atoms with Gasteiger partial charge in [-0.3, -0.25) is 9.36 Å². The van der Waals surface area contributed by atoms with Crippen molar-refractivity contribution in [2.75, 3.05) is 7.11 Å². The highest BCUT2D eigenvalue weighted by molar-refractivity contribution is 7.22. The fourth-order valence-electron chi connectivity index (χ4n) is 4.16. The monoisotopic (exact) mass is 524 g/mol. The predicted molar refractivity (Wildman–Crippen MR) is 139 cm³/mol. The van der Waals surface area contributed by atoms with Crippen LogP contribution >= 0.6 is 22.9 Å². The van der Waals surface area contributed by atoms with Gasteiger partial charge in [-0.15, -0.1) is 11.3 Å². The van der Waals surface area contributed by atoms with Gasteiger partial charge in [0.2, 0.25) is 0 Å². The number of benzene rings is 3. The summed E-state index contributed by atoms with van der Waals surface area (Å²) < 4.78 is 36.7. The van der Waals surface area contributed by atoms with Crippen LogP contribution in [0.5, 0.6) is 5.75 Å². The van der Waals surface area contributed by atoms with Crippen molar-refractivity contribution in [1.82, 2.24) is 9.13 Å². The van der Waals surface area contributed by atoms with E-state index in [0.717, 1.165) is 27.1 Å². The third-order valence-electron chi connectivity index (χ3n) is 6.03. The Morgan fingerprint density at radius 2 is 1.58 bits per heavy atom. The average molecular weight is 525 g/mol. The van der Waals surface area contributed by atoms with Gasteiger partial charge in [-0.05, 0) is 78.7 Å². The highest BCUT2D eigenvalue weighted by atomic mass is 35.5. The summed E-state index contributed by atoms with van der Waals surface area (Å²) in [4.78, 5) is 28.5. The molecule has 0 aliphatic rings. The Hall–Kier alpha value is -3.75. The molecule has 36 heavy (non-hydrogen) atoms. The van der Waals surface area contributed by atoms with Crippen LogP contribution < -0.4 is 16.0 Å². The van der Waals surface area contributed by atoms with Crippen LogP contribution in [-0.4, -0.2) is 16.2 Å². The number of fused-ring (bicyclic) bond motifs is 1. The highest BCUT2D eigenvalue weighted by Crippen LogP contribution is 2.37. The minimum absolute atomic E-state index is 0.265. The van der Waals surface area contributed by atoms with Crippen molar-refractivity contribution < 1.29 is 13.5 Å². The van der Waals surface area contributed by atoms with Gasteiger partial charge in [-0.25, -0.2) is 18.1 Å². The third-order valence-corrected chi connectivity index (χ3v) is 7.64. The van der Waals surface area contributed by atoms with Gasteiger partial charge < -0.3 is 4.74 Å². The number of thiophene rings is 1. The number of hydrogen-bond donors (Lipinski definition) is 0. The highest BCUT2D eigenvalue weighted by Gasteiger charge is 2.23. The molecule has 182 valence electrons. The largest absolute Gasteiger partial charge is 0.497 e. The van der Waals surface area contributed by atoms with Gasteiger partial charge in [0, 0.05) is 15.5 Å². The van der Waals surface area contributed by atoms with Gasteiger partial charge in [0.1, 0.15) is 22.2 Å². The Morgan fingerprint density at radius 1 is 0.944 bits per heavy atom. The molecule has 5 rings (SSSR count). The lowest BCUT2D eigenvalue weighted by molar-refractivity contribution is 0.415. The molecule has 0 aliphatic heterocycles. The second-order valence-electron chi connectivity index (χ2n) is 8.15. The number of ether oxygens (including phenoxy) is 1. The number of aromatic nitrogens is 2. The van der Waals surface area contributed by atoms with Crippen LogP contribution in [0.2, 0.25) is 5.02 Å². The van der Waals surface area contributed by atoms with Crippen LogP contribution in [0.4, 0.5) is 8.78 Å². The van der Waals surface area contributed by atoms with Crippen molar-refractivity contribution in [3.8, 4) is 21.9 Å². The van der Waals surface area contributed by atoms with E-state index in [2.05, 4.69) is 0 Å². The summed E-state index contributed by atoms with van der Waals surface area (Å²) in [7, 11) is 1.57. The molecule has 2 aromatic heterocycles. The molecule has 5 nitrogen and oxygen atoms in total.